The molecule has 2 aliphatic rings. The highest BCUT2D eigenvalue weighted by molar-refractivity contribution is 8.00. The molecule has 0 spiro atoms. The molecule has 0 aliphatic carbocycles. The number of nitrogens with zero attached hydrogens (tertiary/aromatic N) is 3. The summed E-state index contributed by atoms with van der Waals surface area (Å²) < 4.78 is 11.5. The fraction of sp³-hybridized carbons (Fsp3) is 0.346. The maximum absolute atomic E-state index is 13.0. The van der Waals surface area contributed by atoms with Gasteiger partial charge in [-0.2, -0.15) is 0 Å². The summed E-state index contributed by atoms with van der Waals surface area (Å²) in [6.45, 7) is -0.0630. The number of aliphatic hydroxyl groups excluding tert-OH is 1. The van der Waals surface area contributed by atoms with Crippen molar-refractivity contribution in [2.75, 3.05) is 24.8 Å². The van der Waals surface area contributed by atoms with Crippen LogP contribution in [0.5, 0.6) is 5.88 Å². The second-order valence-corrected chi connectivity index (χ2v) is 9.76. The summed E-state index contributed by atoms with van der Waals surface area (Å²) in [6.07, 6.45) is 6.86. The smallest absolute Gasteiger partial charge is 0.270 e. The SMILES string of the molecule is COc1ccc2nccc(/C=C/[C@@H]3CC[C@@H](NC(=O)c4ccc5c(n4)NC(=O)CS5)[C@@H](CCO)O3)c2n1. The average Bonchev–Trinajstić information content (AvgIpc) is 2.92. The number of ether oxygens (including phenoxy) is 2. The predicted molar refractivity (Wildman–Crippen MR) is 140 cm³/mol. The Hall–Kier alpha value is -3.54. The first-order valence-corrected chi connectivity index (χ1v) is 13.0. The van der Waals surface area contributed by atoms with Crippen molar-refractivity contribution in [2.24, 2.45) is 0 Å². The molecule has 11 heteroatoms. The van der Waals surface area contributed by atoms with Crippen molar-refractivity contribution in [3.63, 3.8) is 0 Å². The lowest BCUT2D eigenvalue weighted by Crippen LogP contribution is -2.49. The molecule has 3 N–H and O–H groups in total. The lowest BCUT2D eigenvalue weighted by atomic mass is 9.95. The lowest BCUT2D eigenvalue weighted by molar-refractivity contribution is -0.113. The number of rotatable bonds is 7. The van der Waals surface area contributed by atoms with Crippen LogP contribution in [0.3, 0.4) is 0 Å². The lowest BCUT2D eigenvalue weighted by Gasteiger charge is -2.36. The van der Waals surface area contributed by atoms with E-state index in [0.29, 0.717) is 36.7 Å². The molecule has 192 valence electrons. The number of hydrogen-bond donors (Lipinski definition) is 3. The Morgan fingerprint density at radius 3 is 3.00 bits per heavy atom. The summed E-state index contributed by atoms with van der Waals surface area (Å²) in [6, 6.07) is 8.68. The molecule has 0 radical (unpaired) electrons. The van der Waals surface area contributed by atoms with Crippen molar-refractivity contribution < 1.29 is 24.2 Å². The number of aliphatic hydroxyl groups is 1. The van der Waals surface area contributed by atoms with E-state index in [1.807, 2.05) is 24.3 Å². The summed E-state index contributed by atoms with van der Waals surface area (Å²) in [5, 5.41) is 15.3. The second kappa shape index (κ2) is 11.2. The van der Waals surface area contributed by atoms with Crippen molar-refractivity contribution >= 4 is 46.5 Å². The largest absolute Gasteiger partial charge is 0.481 e. The van der Waals surface area contributed by atoms with Gasteiger partial charge in [0.25, 0.3) is 5.91 Å². The second-order valence-electron chi connectivity index (χ2n) is 8.74. The number of anilines is 1. The van der Waals surface area contributed by atoms with Crippen LogP contribution in [-0.4, -0.2) is 69.6 Å². The number of carbonyl (C=O) groups excluding carboxylic acids is 2. The fourth-order valence-corrected chi connectivity index (χ4v) is 5.20. The van der Waals surface area contributed by atoms with Gasteiger partial charge in [0.2, 0.25) is 11.8 Å². The van der Waals surface area contributed by atoms with Crippen molar-refractivity contribution in [3.8, 4) is 5.88 Å². The number of hydrogen-bond acceptors (Lipinski definition) is 9. The minimum Gasteiger partial charge on any atom is -0.481 e. The van der Waals surface area contributed by atoms with Crippen molar-refractivity contribution in [3.05, 3.63) is 53.9 Å². The van der Waals surface area contributed by atoms with Crippen LogP contribution in [0.4, 0.5) is 5.82 Å². The number of pyridine rings is 3. The summed E-state index contributed by atoms with van der Waals surface area (Å²) in [5.41, 5.74) is 2.62. The normalized spacial score (nSPS) is 21.5. The molecule has 0 unspecified atom stereocenters. The van der Waals surface area contributed by atoms with E-state index in [2.05, 4.69) is 25.6 Å². The van der Waals surface area contributed by atoms with Crippen LogP contribution in [0.2, 0.25) is 0 Å². The van der Waals surface area contributed by atoms with E-state index in [0.717, 1.165) is 21.5 Å². The van der Waals surface area contributed by atoms with Crippen LogP contribution in [-0.2, 0) is 9.53 Å². The molecular weight excluding hydrogens is 494 g/mol. The van der Waals surface area contributed by atoms with E-state index in [1.165, 1.54) is 11.8 Å². The zero-order valence-electron chi connectivity index (χ0n) is 20.2. The predicted octanol–water partition coefficient (Wildman–Crippen LogP) is 2.82. The molecule has 2 aliphatic heterocycles. The van der Waals surface area contributed by atoms with Gasteiger partial charge >= 0.3 is 0 Å². The molecule has 0 aromatic carbocycles. The van der Waals surface area contributed by atoms with Crippen molar-refractivity contribution in [2.45, 2.75) is 42.4 Å². The molecule has 3 atom stereocenters. The van der Waals surface area contributed by atoms with Gasteiger partial charge in [-0.05, 0) is 43.5 Å². The van der Waals surface area contributed by atoms with Gasteiger partial charge in [-0.15, -0.1) is 11.8 Å². The molecule has 5 rings (SSSR count). The summed E-state index contributed by atoms with van der Waals surface area (Å²) in [5.74, 6) is 0.767. The van der Waals surface area contributed by atoms with Gasteiger partial charge in [-0.1, -0.05) is 12.2 Å². The number of nitrogens with one attached hydrogen (secondary N) is 2. The zero-order valence-corrected chi connectivity index (χ0v) is 21.0. The van der Waals surface area contributed by atoms with Crippen molar-refractivity contribution in [1.29, 1.82) is 0 Å². The Kier molecular flexibility index (Phi) is 7.63. The van der Waals surface area contributed by atoms with E-state index >= 15 is 0 Å². The third-order valence-electron chi connectivity index (χ3n) is 6.29. The van der Waals surface area contributed by atoms with Crippen LogP contribution < -0.4 is 15.4 Å². The minimum atomic E-state index is -0.363. The molecule has 37 heavy (non-hydrogen) atoms. The highest BCUT2D eigenvalue weighted by atomic mass is 32.2. The molecule has 0 bridgehead atoms. The van der Waals surface area contributed by atoms with Crippen LogP contribution >= 0.6 is 11.8 Å². The number of fused-ring (bicyclic) bond motifs is 2. The molecular formula is C26H27N5O5S. The Morgan fingerprint density at radius 1 is 1.27 bits per heavy atom. The van der Waals surface area contributed by atoms with Crippen LogP contribution in [0.1, 0.15) is 35.3 Å². The Balaban J connectivity index is 1.26. The molecule has 1 saturated heterocycles. The van der Waals surface area contributed by atoms with E-state index in [-0.39, 0.29) is 42.4 Å². The average molecular weight is 522 g/mol. The van der Waals surface area contributed by atoms with Gasteiger partial charge in [0.1, 0.15) is 11.5 Å². The third kappa shape index (κ3) is 5.74. The van der Waals surface area contributed by atoms with Gasteiger partial charge in [0.15, 0.2) is 0 Å². The Labute approximate surface area is 217 Å². The first-order valence-electron chi connectivity index (χ1n) is 12.0. The Morgan fingerprint density at radius 2 is 2.16 bits per heavy atom. The molecule has 5 heterocycles. The van der Waals surface area contributed by atoms with E-state index in [1.54, 1.807) is 31.5 Å². The summed E-state index contributed by atoms with van der Waals surface area (Å²) in [4.78, 5) is 38.7. The van der Waals surface area contributed by atoms with Crippen LogP contribution in [0, 0.1) is 0 Å². The monoisotopic (exact) mass is 521 g/mol. The number of carbonyl (C=O) groups is 2. The van der Waals surface area contributed by atoms with E-state index in [4.69, 9.17) is 9.47 Å². The summed E-state index contributed by atoms with van der Waals surface area (Å²) >= 11 is 1.39. The first kappa shape index (κ1) is 25.1. The standard InChI is InChI=1S/C26H27N5O5S/c1-35-23-9-7-18-24(31-23)15(10-12-27-18)2-3-16-4-5-17(20(36-16)11-13-32)29-26(34)19-6-8-21-25(28-19)30-22(33)14-37-21/h2-3,6-10,12,16-17,20,32H,4-5,11,13-14H2,1H3,(H,29,34)(H,28,30,33)/b3-2+/t16-,17-,20-/m1/s1. The highest BCUT2D eigenvalue weighted by Crippen LogP contribution is 2.30. The molecule has 3 aromatic rings. The van der Waals surface area contributed by atoms with Gasteiger partial charge in [0, 0.05) is 24.4 Å². The molecule has 0 saturated carbocycles. The number of thioether (sulfide) groups is 1. The van der Waals surface area contributed by atoms with E-state index < -0.39 is 0 Å². The third-order valence-corrected chi connectivity index (χ3v) is 7.33. The maximum atomic E-state index is 13.0. The number of amides is 2. The molecule has 3 aromatic heterocycles. The van der Waals surface area contributed by atoms with Gasteiger partial charge < -0.3 is 25.2 Å². The number of methoxy groups -OCH3 is 1. The highest BCUT2D eigenvalue weighted by Gasteiger charge is 2.32. The van der Waals surface area contributed by atoms with Crippen molar-refractivity contribution in [1.82, 2.24) is 20.3 Å². The molecule has 1 fully saturated rings. The maximum Gasteiger partial charge on any atom is 0.270 e. The van der Waals surface area contributed by atoms with Gasteiger partial charge in [-0.25, -0.2) is 9.97 Å². The fourth-order valence-electron chi connectivity index (χ4n) is 4.44. The quantitative estimate of drug-likeness (QED) is 0.429. The minimum absolute atomic E-state index is 0.0630. The van der Waals surface area contributed by atoms with Crippen LogP contribution in [0.25, 0.3) is 17.1 Å². The van der Waals surface area contributed by atoms with E-state index in [9.17, 15) is 14.7 Å². The molecule has 10 nitrogen and oxygen atoms in total. The molecule has 2 amide bonds. The first-order chi connectivity index (χ1) is 18.0. The van der Waals surface area contributed by atoms with Crippen LogP contribution in [0.15, 0.2) is 47.5 Å². The van der Waals surface area contributed by atoms with Gasteiger partial charge in [-0.3, -0.25) is 14.6 Å². The zero-order chi connectivity index (χ0) is 25.8. The summed E-state index contributed by atoms with van der Waals surface area (Å²) in [7, 11) is 1.57. The number of aromatic nitrogens is 3. The van der Waals surface area contributed by atoms with Gasteiger partial charge in [0.05, 0.1) is 47.0 Å². The Bertz CT molecular complexity index is 1350. The topological polar surface area (TPSA) is 136 Å².